The van der Waals surface area contributed by atoms with Crippen LogP contribution in [0.4, 0.5) is 0 Å². The summed E-state index contributed by atoms with van der Waals surface area (Å²) < 4.78 is 26.4. The highest BCUT2D eigenvalue weighted by Crippen LogP contribution is 2.26. The number of hydrogen-bond acceptors (Lipinski definition) is 5. The molecule has 3 N–H and O–H groups in total. The van der Waals surface area contributed by atoms with Crippen LogP contribution < -0.4 is 15.4 Å². The van der Waals surface area contributed by atoms with E-state index in [1.165, 1.54) is 6.07 Å². The number of nitrogens with zero attached hydrogens (tertiary/aromatic N) is 1. The summed E-state index contributed by atoms with van der Waals surface area (Å²) in [5.74, 6) is 0.0275. The van der Waals surface area contributed by atoms with Gasteiger partial charge in [-0.15, -0.1) is 12.4 Å². The third-order valence-corrected chi connectivity index (χ3v) is 5.96. The van der Waals surface area contributed by atoms with Gasteiger partial charge < -0.3 is 10.6 Å². The lowest BCUT2D eigenvalue weighted by molar-refractivity contribution is -0.120. The average molecular weight is 387 g/mol. The molecular formula is C16H23ClN4O3S. The lowest BCUT2D eigenvalue weighted by Gasteiger charge is -2.34. The quantitative estimate of drug-likeness (QED) is 0.707. The smallest absolute Gasteiger partial charge is 0.263 e. The second kappa shape index (κ2) is 7.72. The Morgan fingerprint density at radius 1 is 1.28 bits per heavy atom. The van der Waals surface area contributed by atoms with E-state index >= 15 is 0 Å². The molecule has 0 aromatic heterocycles. The van der Waals surface area contributed by atoms with Gasteiger partial charge in [0.15, 0.2) is 0 Å². The fourth-order valence-electron chi connectivity index (χ4n) is 2.98. The molecule has 2 aliphatic heterocycles. The number of halogens is 1. The van der Waals surface area contributed by atoms with Crippen molar-refractivity contribution in [2.45, 2.75) is 24.7 Å². The van der Waals surface area contributed by atoms with Crippen molar-refractivity contribution in [2.75, 3.05) is 26.2 Å². The first-order valence-electron chi connectivity index (χ1n) is 8.04. The summed E-state index contributed by atoms with van der Waals surface area (Å²) >= 11 is 0. The van der Waals surface area contributed by atoms with Crippen LogP contribution in [0.5, 0.6) is 0 Å². The van der Waals surface area contributed by atoms with Gasteiger partial charge >= 0.3 is 0 Å². The first-order chi connectivity index (χ1) is 11.4. The number of carbonyl (C=O) groups excluding carboxylic acids is 1. The normalized spacial score (nSPS) is 21.7. The molecule has 3 rings (SSSR count). The first kappa shape index (κ1) is 19.7. The van der Waals surface area contributed by atoms with Crippen LogP contribution in [0.3, 0.4) is 0 Å². The summed E-state index contributed by atoms with van der Waals surface area (Å²) in [6.07, 6.45) is 2.05. The third kappa shape index (κ3) is 4.50. The zero-order valence-electron chi connectivity index (χ0n) is 14.0. The lowest BCUT2D eigenvalue weighted by Crippen LogP contribution is -2.43. The van der Waals surface area contributed by atoms with Gasteiger partial charge in [0.25, 0.3) is 10.0 Å². The van der Waals surface area contributed by atoms with E-state index < -0.39 is 10.0 Å². The molecule has 1 aromatic rings. The summed E-state index contributed by atoms with van der Waals surface area (Å²) in [5.41, 5.74) is 0.617. The Labute approximate surface area is 154 Å². The Hall–Kier alpha value is -1.64. The number of nitrogens with one attached hydrogen (secondary N) is 3. The zero-order valence-corrected chi connectivity index (χ0v) is 15.7. The standard InChI is InChI=1S/C16H22N4O3S.ClH/c1-16(6-8-17-9-7-16)11-19-14(21)10-18-15-12-4-2-3-5-13(12)24(22,23)20-15;/h2-5,17H,6-11H2,1H3,(H,18,20)(H,19,21);1H. The van der Waals surface area contributed by atoms with Gasteiger partial charge in [-0.25, -0.2) is 8.42 Å². The molecule has 9 heteroatoms. The number of amides is 1. The van der Waals surface area contributed by atoms with E-state index in [1.807, 2.05) is 0 Å². The molecule has 0 unspecified atom stereocenters. The van der Waals surface area contributed by atoms with Gasteiger partial charge in [0, 0.05) is 12.1 Å². The van der Waals surface area contributed by atoms with E-state index in [4.69, 9.17) is 0 Å². The van der Waals surface area contributed by atoms with Gasteiger partial charge in [-0.2, -0.15) is 0 Å². The zero-order chi connectivity index (χ0) is 17.2. The molecule has 0 atom stereocenters. The number of carbonyl (C=O) groups is 1. The van der Waals surface area contributed by atoms with Crippen molar-refractivity contribution in [1.82, 2.24) is 15.4 Å². The van der Waals surface area contributed by atoms with Crippen molar-refractivity contribution in [2.24, 2.45) is 10.4 Å². The summed E-state index contributed by atoms with van der Waals surface area (Å²) in [5, 5.41) is 6.22. The van der Waals surface area contributed by atoms with Crippen molar-refractivity contribution in [1.29, 1.82) is 0 Å². The van der Waals surface area contributed by atoms with Crippen LogP contribution in [0.25, 0.3) is 0 Å². The number of piperidine rings is 1. The highest BCUT2D eigenvalue weighted by molar-refractivity contribution is 7.90. The van der Waals surface area contributed by atoms with E-state index in [0.29, 0.717) is 12.1 Å². The van der Waals surface area contributed by atoms with Crippen LogP contribution in [0.15, 0.2) is 34.2 Å². The summed E-state index contributed by atoms with van der Waals surface area (Å²) in [4.78, 5) is 16.4. The fourth-order valence-corrected chi connectivity index (χ4v) is 4.23. The van der Waals surface area contributed by atoms with Crippen molar-refractivity contribution in [3.63, 3.8) is 0 Å². The minimum absolute atomic E-state index is 0. The van der Waals surface area contributed by atoms with Gasteiger partial charge in [-0.3, -0.25) is 14.5 Å². The Morgan fingerprint density at radius 3 is 2.68 bits per heavy atom. The van der Waals surface area contributed by atoms with Crippen molar-refractivity contribution >= 4 is 34.2 Å². The summed E-state index contributed by atoms with van der Waals surface area (Å²) in [7, 11) is -3.56. The maximum atomic E-state index is 12.0. The van der Waals surface area contributed by atoms with Gasteiger partial charge in [0.05, 0.1) is 4.90 Å². The summed E-state index contributed by atoms with van der Waals surface area (Å²) in [6.45, 7) is 4.61. The number of rotatable bonds is 4. The van der Waals surface area contributed by atoms with E-state index in [0.717, 1.165) is 25.9 Å². The minimum Gasteiger partial charge on any atom is -0.354 e. The van der Waals surface area contributed by atoms with E-state index in [9.17, 15) is 13.2 Å². The molecule has 138 valence electrons. The van der Waals surface area contributed by atoms with Crippen LogP contribution in [0.2, 0.25) is 0 Å². The van der Waals surface area contributed by atoms with Crippen molar-refractivity contribution < 1.29 is 13.2 Å². The van der Waals surface area contributed by atoms with Crippen LogP contribution >= 0.6 is 12.4 Å². The predicted octanol–water partition coefficient (Wildman–Crippen LogP) is 0.653. The van der Waals surface area contributed by atoms with Crippen LogP contribution in [-0.2, 0) is 14.8 Å². The van der Waals surface area contributed by atoms with Crippen LogP contribution in [0, 0.1) is 5.41 Å². The van der Waals surface area contributed by atoms with Gasteiger partial charge in [0.2, 0.25) is 5.91 Å². The monoisotopic (exact) mass is 386 g/mol. The van der Waals surface area contributed by atoms with E-state index in [-0.39, 0.29) is 41.0 Å². The second-order valence-electron chi connectivity index (χ2n) is 6.60. The molecule has 0 spiro atoms. The van der Waals surface area contributed by atoms with Crippen molar-refractivity contribution in [3.8, 4) is 0 Å². The Balaban J connectivity index is 0.00000225. The van der Waals surface area contributed by atoms with Gasteiger partial charge in [-0.05, 0) is 43.5 Å². The minimum atomic E-state index is -3.56. The number of aliphatic imine (C=N–C) groups is 1. The van der Waals surface area contributed by atoms with Crippen LogP contribution in [0.1, 0.15) is 25.3 Å². The molecule has 1 aromatic carbocycles. The highest BCUT2D eigenvalue weighted by atomic mass is 35.5. The number of amidine groups is 1. The van der Waals surface area contributed by atoms with E-state index in [1.54, 1.807) is 18.2 Å². The largest absolute Gasteiger partial charge is 0.354 e. The molecule has 2 aliphatic rings. The molecule has 2 heterocycles. The number of fused-ring (bicyclic) bond motifs is 1. The molecule has 7 nitrogen and oxygen atoms in total. The molecular weight excluding hydrogens is 364 g/mol. The molecule has 1 saturated heterocycles. The Kier molecular flexibility index (Phi) is 6.08. The average Bonchev–Trinajstić information content (AvgIpc) is 2.83. The molecule has 0 saturated carbocycles. The fraction of sp³-hybridized carbons (Fsp3) is 0.500. The number of benzene rings is 1. The van der Waals surface area contributed by atoms with Gasteiger partial charge in [0.1, 0.15) is 12.4 Å². The predicted molar refractivity (Wildman–Crippen MR) is 98.6 cm³/mol. The molecule has 25 heavy (non-hydrogen) atoms. The molecule has 1 amide bonds. The third-order valence-electron chi connectivity index (χ3n) is 4.57. The maximum absolute atomic E-state index is 12.0. The second-order valence-corrected chi connectivity index (χ2v) is 8.25. The number of hydrogen-bond donors (Lipinski definition) is 3. The SMILES string of the molecule is CC1(CNC(=O)CN=C2NS(=O)(=O)c3ccccc32)CCNCC1.Cl. The lowest BCUT2D eigenvalue weighted by atomic mass is 9.81. The maximum Gasteiger partial charge on any atom is 0.263 e. The van der Waals surface area contributed by atoms with Gasteiger partial charge in [-0.1, -0.05) is 19.1 Å². The topological polar surface area (TPSA) is 99.7 Å². The number of sulfonamides is 1. The first-order valence-corrected chi connectivity index (χ1v) is 9.52. The van der Waals surface area contributed by atoms with Crippen molar-refractivity contribution in [3.05, 3.63) is 29.8 Å². The molecule has 0 radical (unpaired) electrons. The Morgan fingerprint density at radius 2 is 1.96 bits per heavy atom. The summed E-state index contributed by atoms with van der Waals surface area (Å²) in [6, 6.07) is 6.61. The molecule has 0 bridgehead atoms. The Bertz CT molecular complexity index is 773. The van der Waals surface area contributed by atoms with Crippen LogP contribution in [-0.4, -0.2) is 46.3 Å². The van der Waals surface area contributed by atoms with E-state index in [2.05, 4.69) is 27.3 Å². The molecule has 0 aliphatic carbocycles. The molecule has 1 fully saturated rings. The highest BCUT2D eigenvalue weighted by Gasteiger charge is 2.30.